The lowest BCUT2D eigenvalue weighted by molar-refractivity contribution is -0.131. The average molecular weight is 172 g/mol. The predicted molar refractivity (Wildman–Crippen MR) is 45.7 cm³/mol. The van der Waals surface area contributed by atoms with Gasteiger partial charge in [-0.15, -0.1) is 0 Å². The van der Waals surface area contributed by atoms with Gasteiger partial charge in [-0.05, 0) is 13.3 Å². The first-order valence-electron chi connectivity index (χ1n) is 4.31. The van der Waals surface area contributed by atoms with E-state index in [1.165, 1.54) is 0 Å². The van der Waals surface area contributed by atoms with Gasteiger partial charge >= 0.3 is 0 Å². The predicted octanol–water partition coefficient (Wildman–Crippen LogP) is -0.813. The molecule has 2 atom stereocenters. The van der Waals surface area contributed by atoms with Gasteiger partial charge in [0.05, 0.1) is 12.1 Å². The summed E-state index contributed by atoms with van der Waals surface area (Å²) in [7, 11) is 1.77. The topological polar surface area (TPSA) is 52.6 Å². The molecule has 0 bridgehead atoms. The summed E-state index contributed by atoms with van der Waals surface area (Å²) < 4.78 is 0. The summed E-state index contributed by atoms with van der Waals surface area (Å²) in [5, 5.41) is 12.1. The number of carbonyl (C=O) groups is 1. The van der Waals surface area contributed by atoms with Gasteiger partial charge in [0.25, 0.3) is 0 Å². The second-order valence-corrected chi connectivity index (χ2v) is 3.20. The van der Waals surface area contributed by atoms with Gasteiger partial charge in [-0.25, -0.2) is 0 Å². The lowest BCUT2D eigenvalue weighted by Gasteiger charge is -2.18. The maximum atomic E-state index is 11.5. The Kier molecular flexibility index (Phi) is 3.05. The first kappa shape index (κ1) is 9.48. The molecule has 0 spiro atoms. The van der Waals surface area contributed by atoms with E-state index >= 15 is 0 Å². The van der Waals surface area contributed by atoms with Crippen molar-refractivity contribution in [3.63, 3.8) is 0 Å². The second-order valence-electron chi connectivity index (χ2n) is 3.20. The number of aliphatic hydroxyl groups excluding tert-OH is 1. The van der Waals surface area contributed by atoms with Crippen LogP contribution in [0, 0.1) is 0 Å². The molecule has 1 fully saturated rings. The van der Waals surface area contributed by atoms with Gasteiger partial charge in [-0.1, -0.05) is 0 Å². The Labute approximate surface area is 72.6 Å². The quantitative estimate of drug-likeness (QED) is 0.572. The third kappa shape index (κ3) is 1.95. The van der Waals surface area contributed by atoms with Crippen LogP contribution in [0.4, 0.5) is 0 Å². The summed E-state index contributed by atoms with van der Waals surface area (Å²) in [6.07, 6.45) is 0.188. The first-order valence-corrected chi connectivity index (χ1v) is 4.31. The van der Waals surface area contributed by atoms with Crippen LogP contribution in [0.1, 0.15) is 13.3 Å². The summed E-state index contributed by atoms with van der Waals surface area (Å²) in [6, 6.07) is -0.176. The number of β-amino-alcohol motifs (C(OH)–C–C–N with tert-alkyl or cyclic N) is 1. The smallest absolute Gasteiger partial charge is 0.239 e. The summed E-state index contributed by atoms with van der Waals surface area (Å²) in [4.78, 5) is 13.1. The van der Waals surface area contributed by atoms with Crippen molar-refractivity contribution in [2.45, 2.75) is 25.5 Å². The fourth-order valence-corrected chi connectivity index (χ4v) is 1.33. The highest BCUT2D eigenvalue weighted by Crippen LogP contribution is 2.08. The van der Waals surface area contributed by atoms with E-state index in [2.05, 4.69) is 5.32 Å². The van der Waals surface area contributed by atoms with Crippen LogP contribution in [-0.4, -0.2) is 48.2 Å². The van der Waals surface area contributed by atoms with Gasteiger partial charge in [0.15, 0.2) is 0 Å². The molecule has 1 saturated heterocycles. The van der Waals surface area contributed by atoms with Gasteiger partial charge in [-0.2, -0.15) is 0 Å². The van der Waals surface area contributed by atoms with Crippen LogP contribution >= 0.6 is 0 Å². The highest BCUT2D eigenvalue weighted by Gasteiger charge is 2.29. The van der Waals surface area contributed by atoms with Crippen molar-refractivity contribution in [1.29, 1.82) is 0 Å². The SMILES string of the molecule is CCN(C)C(=O)C1CC(O)CN1. The summed E-state index contributed by atoms with van der Waals surface area (Å²) in [5.41, 5.74) is 0. The fraction of sp³-hybridized carbons (Fsp3) is 0.875. The lowest BCUT2D eigenvalue weighted by atomic mass is 10.2. The number of hydrogen-bond donors (Lipinski definition) is 2. The molecule has 70 valence electrons. The molecule has 12 heavy (non-hydrogen) atoms. The Morgan fingerprint density at radius 1 is 1.75 bits per heavy atom. The van der Waals surface area contributed by atoms with Crippen molar-refractivity contribution in [3.8, 4) is 0 Å². The lowest BCUT2D eigenvalue weighted by Crippen LogP contribution is -2.41. The van der Waals surface area contributed by atoms with Gasteiger partial charge in [0.1, 0.15) is 0 Å². The molecule has 4 nitrogen and oxygen atoms in total. The maximum Gasteiger partial charge on any atom is 0.239 e. The van der Waals surface area contributed by atoms with Crippen LogP contribution in [0.25, 0.3) is 0 Å². The molecular weight excluding hydrogens is 156 g/mol. The van der Waals surface area contributed by atoms with Crippen LogP contribution in [0.2, 0.25) is 0 Å². The minimum Gasteiger partial charge on any atom is -0.392 e. The Hall–Kier alpha value is -0.610. The molecule has 1 heterocycles. The molecule has 1 aliphatic rings. The Morgan fingerprint density at radius 3 is 2.83 bits per heavy atom. The van der Waals surface area contributed by atoms with Crippen molar-refractivity contribution in [3.05, 3.63) is 0 Å². The fourth-order valence-electron chi connectivity index (χ4n) is 1.33. The van der Waals surface area contributed by atoms with Crippen LogP contribution in [0.15, 0.2) is 0 Å². The summed E-state index contributed by atoms with van der Waals surface area (Å²) >= 11 is 0. The molecule has 4 heteroatoms. The largest absolute Gasteiger partial charge is 0.392 e. The van der Waals surface area contributed by atoms with E-state index in [1.807, 2.05) is 6.92 Å². The monoisotopic (exact) mass is 172 g/mol. The van der Waals surface area contributed by atoms with Crippen LogP contribution < -0.4 is 5.32 Å². The number of aliphatic hydroxyl groups is 1. The van der Waals surface area contributed by atoms with E-state index in [9.17, 15) is 4.79 Å². The number of nitrogens with zero attached hydrogens (tertiary/aromatic N) is 1. The molecule has 1 amide bonds. The molecule has 2 N–H and O–H groups in total. The molecule has 0 aromatic heterocycles. The zero-order chi connectivity index (χ0) is 9.14. The molecule has 1 aliphatic heterocycles. The van der Waals surface area contributed by atoms with E-state index in [1.54, 1.807) is 11.9 Å². The molecule has 0 aromatic carbocycles. The van der Waals surface area contributed by atoms with Crippen molar-refractivity contribution >= 4 is 5.91 Å². The van der Waals surface area contributed by atoms with E-state index < -0.39 is 0 Å². The van der Waals surface area contributed by atoms with E-state index in [4.69, 9.17) is 5.11 Å². The molecular formula is C8H16N2O2. The molecule has 1 rings (SSSR count). The second kappa shape index (κ2) is 3.87. The van der Waals surface area contributed by atoms with Gasteiger partial charge in [0, 0.05) is 20.1 Å². The van der Waals surface area contributed by atoms with Crippen LogP contribution in [-0.2, 0) is 4.79 Å². The Balaban J connectivity index is 2.43. The van der Waals surface area contributed by atoms with E-state index in [-0.39, 0.29) is 18.1 Å². The van der Waals surface area contributed by atoms with Gasteiger partial charge in [0.2, 0.25) is 5.91 Å². The van der Waals surface area contributed by atoms with Crippen molar-refractivity contribution in [1.82, 2.24) is 10.2 Å². The summed E-state index contributed by atoms with van der Waals surface area (Å²) in [6.45, 7) is 3.18. The third-order valence-corrected chi connectivity index (χ3v) is 2.26. The molecule has 0 saturated carbocycles. The van der Waals surface area contributed by atoms with Crippen LogP contribution in [0.5, 0.6) is 0 Å². The number of hydrogen-bond acceptors (Lipinski definition) is 3. The standard InChI is InChI=1S/C8H16N2O2/c1-3-10(2)8(12)7-4-6(11)5-9-7/h6-7,9,11H,3-5H2,1-2H3. The van der Waals surface area contributed by atoms with Crippen molar-refractivity contribution < 1.29 is 9.90 Å². The maximum absolute atomic E-state index is 11.5. The number of amides is 1. The number of carbonyl (C=O) groups excluding carboxylic acids is 1. The Bertz CT molecular complexity index is 172. The highest BCUT2D eigenvalue weighted by atomic mass is 16.3. The van der Waals surface area contributed by atoms with Gasteiger partial charge < -0.3 is 15.3 Å². The summed E-state index contributed by atoms with van der Waals surface area (Å²) in [5.74, 6) is 0.0778. The zero-order valence-electron chi connectivity index (χ0n) is 7.58. The van der Waals surface area contributed by atoms with E-state index in [0.29, 0.717) is 19.5 Å². The minimum absolute atomic E-state index is 0.0778. The molecule has 0 radical (unpaired) electrons. The minimum atomic E-state index is -0.357. The highest BCUT2D eigenvalue weighted by molar-refractivity contribution is 5.82. The van der Waals surface area contributed by atoms with E-state index in [0.717, 1.165) is 0 Å². The Morgan fingerprint density at radius 2 is 2.42 bits per heavy atom. The number of nitrogens with one attached hydrogen (secondary N) is 1. The molecule has 2 unspecified atom stereocenters. The number of rotatable bonds is 2. The van der Waals surface area contributed by atoms with Crippen molar-refractivity contribution in [2.75, 3.05) is 20.1 Å². The van der Waals surface area contributed by atoms with Gasteiger partial charge in [-0.3, -0.25) is 4.79 Å². The first-order chi connectivity index (χ1) is 5.65. The molecule has 0 aliphatic carbocycles. The average Bonchev–Trinajstić information content (AvgIpc) is 2.49. The van der Waals surface area contributed by atoms with Crippen molar-refractivity contribution in [2.24, 2.45) is 0 Å². The zero-order valence-corrected chi connectivity index (χ0v) is 7.58. The third-order valence-electron chi connectivity index (χ3n) is 2.26. The molecule has 0 aromatic rings. The number of likely N-dealkylation sites (N-methyl/N-ethyl adjacent to an activating group) is 1. The van der Waals surface area contributed by atoms with Crippen LogP contribution in [0.3, 0.4) is 0 Å². The normalized spacial score (nSPS) is 28.9.